The Morgan fingerprint density at radius 1 is 0.519 bits per heavy atom. The van der Waals surface area contributed by atoms with E-state index >= 15 is 0 Å². The molecule has 0 amide bonds. The highest BCUT2D eigenvalue weighted by molar-refractivity contribution is 5.70. The van der Waals surface area contributed by atoms with Crippen LogP contribution in [-0.4, -0.2) is 12.2 Å². The van der Waals surface area contributed by atoms with Gasteiger partial charge in [0, 0.05) is 11.1 Å². The first-order valence-corrected chi connectivity index (χ1v) is 8.81. The van der Waals surface area contributed by atoms with Gasteiger partial charge in [0.2, 0.25) is 0 Å². The molecular formula is C25H22O2. The Balaban J connectivity index is 0.000000156. The number of methoxy groups -OCH3 is 1. The number of hydrogen-bond acceptors (Lipinski definition) is 2. The summed E-state index contributed by atoms with van der Waals surface area (Å²) >= 11 is 0. The van der Waals surface area contributed by atoms with Gasteiger partial charge in [0.1, 0.15) is 11.5 Å². The van der Waals surface area contributed by atoms with Gasteiger partial charge in [0.25, 0.3) is 0 Å². The Morgan fingerprint density at radius 3 is 1.52 bits per heavy atom. The maximum atomic E-state index is 9.56. The second-order valence-corrected chi connectivity index (χ2v) is 5.95. The molecule has 0 heterocycles. The minimum absolute atomic E-state index is 0.328. The number of aromatic hydroxyl groups is 1. The van der Waals surface area contributed by atoms with Crippen molar-refractivity contribution in [2.24, 2.45) is 0 Å². The number of para-hydroxylation sites is 2. The Bertz CT molecular complexity index is 963. The minimum atomic E-state index is 0.328. The van der Waals surface area contributed by atoms with Gasteiger partial charge in [0.15, 0.2) is 0 Å². The van der Waals surface area contributed by atoms with Gasteiger partial charge in [-0.1, -0.05) is 97.1 Å². The number of ether oxygens (including phenoxy) is 1. The fourth-order valence-corrected chi connectivity index (χ4v) is 2.84. The molecule has 0 saturated carbocycles. The lowest BCUT2D eigenvalue weighted by Crippen LogP contribution is -1.86. The van der Waals surface area contributed by atoms with Gasteiger partial charge in [-0.15, -0.1) is 0 Å². The molecule has 0 fully saturated rings. The van der Waals surface area contributed by atoms with Crippen LogP contribution in [0.3, 0.4) is 0 Å². The van der Waals surface area contributed by atoms with E-state index in [2.05, 4.69) is 18.2 Å². The van der Waals surface area contributed by atoms with Crippen LogP contribution in [0.25, 0.3) is 22.3 Å². The standard InChI is InChI=1S/C13H12O.C12H10O/c1-14-13-10-6-5-9-12(13)11-7-3-2-4-8-11;13-12-9-5-4-8-11(12)10-6-2-1-3-7-10/h2-10H,1H3;1-9,13H. The average molecular weight is 354 g/mol. The molecule has 4 aromatic carbocycles. The second kappa shape index (κ2) is 9.25. The third-order valence-electron chi connectivity index (χ3n) is 4.18. The van der Waals surface area contributed by atoms with Crippen LogP contribution in [0.5, 0.6) is 11.5 Å². The van der Waals surface area contributed by atoms with Gasteiger partial charge in [0.05, 0.1) is 7.11 Å². The molecule has 0 bridgehead atoms. The Hall–Kier alpha value is -3.52. The number of phenols is 1. The highest BCUT2D eigenvalue weighted by Crippen LogP contribution is 2.29. The molecule has 0 atom stereocenters. The van der Waals surface area contributed by atoms with E-state index in [4.69, 9.17) is 4.74 Å². The lowest BCUT2D eigenvalue weighted by Gasteiger charge is -2.07. The fourth-order valence-electron chi connectivity index (χ4n) is 2.84. The SMILES string of the molecule is COc1ccccc1-c1ccccc1.Oc1ccccc1-c1ccccc1. The van der Waals surface area contributed by atoms with E-state index < -0.39 is 0 Å². The van der Waals surface area contributed by atoms with Gasteiger partial charge in [-0.05, 0) is 23.3 Å². The van der Waals surface area contributed by atoms with E-state index in [9.17, 15) is 5.11 Å². The molecule has 0 aliphatic heterocycles. The summed E-state index contributed by atoms with van der Waals surface area (Å²) < 4.78 is 5.30. The monoisotopic (exact) mass is 354 g/mol. The largest absolute Gasteiger partial charge is 0.507 e. The van der Waals surface area contributed by atoms with Gasteiger partial charge >= 0.3 is 0 Å². The average Bonchev–Trinajstić information content (AvgIpc) is 2.76. The molecule has 0 aromatic heterocycles. The summed E-state index contributed by atoms with van der Waals surface area (Å²) in [5, 5.41) is 9.56. The number of phenolic OH excluding ortho intramolecular Hbond substituents is 1. The van der Waals surface area contributed by atoms with Crippen LogP contribution in [0.2, 0.25) is 0 Å². The highest BCUT2D eigenvalue weighted by atomic mass is 16.5. The normalized spacial score (nSPS) is 9.81. The molecule has 0 aliphatic rings. The van der Waals surface area contributed by atoms with E-state index in [0.717, 1.165) is 22.4 Å². The molecule has 0 aliphatic carbocycles. The van der Waals surface area contributed by atoms with E-state index in [1.54, 1.807) is 13.2 Å². The van der Waals surface area contributed by atoms with Crippen molar-refractivity contribution in [1.29, 1.82) is 0 Å². The van der Waals surface area contributed by atoms with Crippen LogP contribution in [0, 0.1) is 0 Å². The Morgan fingerprint density at radius 2 is 0.963 bits per heavy atom. The molecule has 134 valence electrons. The molecule has 27 heavy (non-hydrogen) atoms. The van der Waals surface area contributed by atoms with Crippen LogP contribution in [0.4, 0.5) is 0 Å². The van der Waals surface area contributed by atoms with Crippen molar-refractivity contribution in [1.82, 2.24) is 0 Å². The van der Waals surface area contributed by atoms with Crippen LogP contribution < -0.4 is 4.74 Å². The zero-order chi connectivity index (χ0) is 18.9. The Kier molecular flexibility index (Phi) is 6.26. The molecule has 0 unspecified atom stereocenters. The number of benzene rings is 4. The first kappa shape index (κ1) is 18.3. The first-order chi connectivity index (χ1) is 13.3. The van der Waals surface area contributed by atoms with Crippen LogP contribution in [0.1, 0.15) is 0 Å². The molecule has 0 saturated heterocycles. The molecule has 0 spiro atoms. The predicted octanol–water partition coefficient (Wildman–Crippen LogP) is 6.42. The third kappa shape index (κ3) is 4.77. The maximum absolute atomic E-state index is 9.56. The molecule has 4 rings (SSSR count). The minimum Gasteiger partial charge on any atom is -0.507 e. The number of hydrogen-bond donors (Lipinski definition) is 1. The summed E-state index contributed by atoms with van der Waals surface area (Å²) in [6, 6.07) is 35.5. The quantitative estimate of drug-likeness (QED) is 0.460. The van der Waals surface area contributed by atoms with E-state index in [1.807, 2.05) is 84.9 Å². The summed E-state index contributed by atoms with van der Waals surface area (Å²) in [4.78, 5) is 0. The molecule has 1 N–H and O–H groups in total. The summed E-state index contributed by atoms with van der Waals surface area (Å²) in [7, 11) is 1.70. The first-order valence-electron chi connectivity index (χ1n) is 8.81. The maximum Gasteiger partial charge on any atom is 0.126 e. The van der Waals surface area contributed by atoms with E-state index in [-0.39, 0.29) is 0 Å². The van der Waals surface area contributed by atoms with Gasteiger partial charge in [-0.3, -0.25) is 0 Å². The van der Waals surface area contributed by atoms with Gasteiger partial charge in [-0.25, -0.2) is 0 Å². The lowest BCUT2D eigenvalue weighted by atomic mass is 10.1. The van der Waals surface area contributed by atoms with E-state index in [0.29, 0.717) is 5.75 Å². The van der Waals surface area contributed by atoms with Crippen LogP contribution in [-0.2, 0) is 0 Å². The summed E-state index contributed by atoms with van der Waals surface area (Å²) in [6.45, 7) is 0. The zero-order valence-corrected chi connectivity index (χ0v) is 15.2. The van der Waals surface area contributed by atoms with Gasteiger partial charge < -0.3 is 9.84 Å². The molecule has 2 nitrogen and oxygen atoms in total. The molecule has 0 radical (unpaired) electrons. The van der Waals surface area contributed by atoms with Crippen molar-refractivity contribution < 1.29 is 9.84 Å². The summed E-state index contributed by atoms with van der Waals surface area (Å²) in [5.74, 6) is 1.24. The zero-order valence-electron chi connectivity index (χ0n) is 15.2. The van der Waals surface area contributed by atoms with Crippen molar-refractivity contribution in [3.05, 3.63) is 109 Å². The van der Waals surface area contributed by atoms with Crippen molar-refractivity contribution in [2.75, 3.05) is 7.11 Å². The van der Waals surface area contributed by atoms with Crippen molar-refractivity contribution >= 4 is 0 Å². The second-order valence-electron chi connectivity index (χ2n) is 5.95. The molecule has 4 aromatic rings. The fraction of sp³-hybridized carbons (Fsp3) is 0.0400. The topological polar surface area (TPSA) is 29.5 Å². The van der Waals surface area contributed by atoms with Gasteiger partial charge in [-0.2, -0.15) is 0 Å². The molecular weight excluding hydrogens is 332 g/mol. The predicted molar refractivity (Wildman–Crippen MR) is 112 cm³/mol. The smallest absolute Gasteiger partial charge is 0.126 e. The molecule has 2 heteroatoms. The van der Waals surface area contributed by atoms with Crippen molar-refractivity contribution in [3.63, 3.8) is 0 Å². The van der Waals surface area contributed by atoms with Crippen molar-refractivity contribution in [3.8, 4) is 33.8 Å². The summed E-state index contributed by atoms with van der Waals surface area (Å²) in [5.41, 5.74) is 4.24. The van der Waals surface area contributed by atoms with Crippen molar-refractivity contribution in [2.45, 2.75) is 0 Å². The summed E-state index contributed by atoms with van der Waals surface area (Å²) in [6.07, 6.45) is 0. The van der Waals surface area contributed by atoms with Crippen LogP contribution >= 0.6 is 0 Å². The third-order valence-corrected chi connectivity index (χ3v) is 4.18. The lowest BCUT2D eigenvalue weighted by molar-refractivity contribution is 0.416. The highest BCUT2D eigenvalue weighted by Gasteiger charge is 2.02. The van der Waals surface area contributed by atoms with E-state index in [1.165, 1.54) is 5.56 Å². The Labute approximate surface area is 160 Å². The number of rotatable bonds is 3. The van der Waals surface area contributed by atoms with Crippen LogP contribution in [0.15, 0.2) is 109 Å².